The maximum Gasteiger partial charge on any atom is 0.239 e. The lowest BCUT2D eigenvalue weighted by Gasteiger charge is -2.29. The van der Waals surface area contributed by atoms with E-state index in [0.717, 1.165) is 38.8 Å². The van der Waals surface area contributed by atoms with Crippen LogP contribution in [0.3, 0.4) is 0 Å². The molecule has 100 valence electrons. The van der Waals surface area contributed by atoms with Gasteiger partial charge < -0.3 is 15.3 Å². The largest absolute Gasteiger partial charge is 0.392 e. The van der Waals surface area contributed by atoms with E-state index in [4.69, 9.17) is 0 Å². The molecular weight excluding hydrogens is 216 g/mol. The van der Waals surface area contributed by atoms with Crippen molar-refractivity contribution in [2.45, 2.75) is 58.1 Å². The molecule has 1 amide bonds. The highest BCUT2D eigenvalue weighted by molar-refractivity contribution is 5.81. The quantitative estimate of drug-likeness (QED) is 0.734. The number of carbonyl (C=O) groups is 1. The minimum absolute atomic E-state index is 0.174. The fourth-order valence-corrected chi connectivity index (χ4v) is 2.22. The lowest BCUT2D eigenvalue weighted by Crippen LogP contribution is -2.48. The van der Waals surface area contributed by atoms with Crippen LogP contribution < -0.4 is 5.32 Å². The number of piperidine rings is 1. The van der Waals surface area contributed by atoms with Crippen LogP contribution in [0.4, 0.5) is 0 Å². The van der Waals surface area contributed by atoms with Crippen LogP contribution in [0.5, 0.6) is 0 Å². The second kappa shape index (κ2) is 7.67. The Hall–Kier alpha value is -0.610. The van der Waals surface area contributed by atoms with Crippen molar-refractivity contribution in [3.8, 4) is 0 Å². The lowest BCUT2D eigenvalue weighted by atomic mass is 10.1. The SMILES string of the molecule is CCCC(O)CNC(C)C(=O)N1CCCCC1. The molecule has 2 N–H and O–H groups in total. The van der Waals surface area contributed by atoms with Gasteiger partial charge in [-0.3, -0.25) is 4.79 Å². The van der Waals surface area contributed by atoms with Gasteiger partial charge in [0.05, 0.1) is 12.1 Å². The number of amides is 1. The number of rotatable bonds is 6. The number of likely N-dealkylation sites (tertiary alicyclic amines) is 1. The third-order valence-corrected chi connectivity index (χ3v) is 3.32. The first-order valence-electron chi connectivity index (χ1n) is 6.85. The van der Waals surface area contributed by atoms with E-state index in [-0.39, 0.29) is 18.1 Å². The number of nitrogens with one attached hydrogen (secondary N) is 1. The van der Waals surface area contributed by atoms with Crippen molar-refractivity contribution in [1.82, 2.24) is 10.2 Å². The molecule has 1 aliphatic rings. The van der Waals surface area contributed by atoms with Gasteiger partial charge in [-0.15, -0.1) is 0 Å². The predicted molar refractivity (Wildman–Crippen MR) is 68.8 cm³/mol. The van der Waals surface area contributed by atoms with Crippen LogP contribution in [-0.2, 0) is 4.79 Å². The Morgan fingerprint density at radius 1 is 1.35 bits per heavy atom. The summed E-state index contributed by atoms with van der Waals surface area (Å²) in [5.41, 5.74) is 0. The summed E-state index contributed by atoms with van der Waals surface area (Å²) in [6.45, 7) is 6.22. The van der Waals surface area contributed by atoms with E-state index in [1.807, 2.05) is 18.7 Å². The number of aliphatic hydroxyl groups excluding tert-OH is 1. The summed E-state index contributed by atoms with van der Waals surface area (Å²) < 4.78 is 0. The minimum atomic E-state index is -0.336. The number of carbonyl (C=O) groups excluding carboxylic acids is 1. The molecule has 1 fully saturated rings. The summed E-state index contributed by atoms with van der Waals surface area (Å²) in [5, 5.41) is 12.7. The van der Waals surface area contributed by atoms with E-state index >= 15 is 0 Å². The molecular formula is C13H26N2O2. The van der Waals surface area contributed by atoms with E-state index < -0.39 is 0 Å². The third kappa shape index (κ3) is 5.04. The van der Waals surface area contributed by atoms with Crippen LogP contribution in [0.15, 0.2) is 0 Å². The fourth-order valence-electron chi connectivity index (χ4n) is 2.22. The molecule has 0 aromatic rings. The van der Waals surface area contributed by atoms with Crippen molar-refractivity contribution in [3.63, 3.8) is 0 Å². The summed E-state index contributed by atoms with van der Waals surface area (Å²) in [4.78, 5) is 14.0. The summed E-state index contributed by atoms with van der Waals surface area (Å²) in [7, 11) is 0. The van der Waals surface area contributed by atoms with Crippen molar-refractivity contribution in [2.75, 3.05) is 19.6 Å². The molecule has 0 bridgehead atoms. The van der Waals surface area contributed by atoms with Gasteiger partial charge in [-0.25, -0.2) is 0 Å². The first-order chi connectivity index (χ1) is 8.15. The molecule has 4 heteroatoms. The predicted octanol–water partition coefficient (Wildman–Crippen LogP) is 1.14. The van der Waals surface area contributed by atoms with E-state index in [2.05, 4.69) is 5.32 Å². The summed E-state index contributed by atoms with van der Waals surface area (Å²) in [5.74, 6) is 0.174. The van der Waals surface area contributed by atoms with Gasteiger partial charge in [-0.2, -0.15) is 0 Å². The molecule has 2 atom stereocenters. The van der Waals surface area contributed by atoms with E-state index in [1.54, 1.807) is 0 Å². The number of nitrogens with zero attached hydrogens (tertiary/aromatic N) is 1. The van der Waals surface area contributed by atoms with Gasteiger partial charge >= 0.3 is 0 Å². The van der Waals surface area contributed by atoms with E-state index in [0.29, 0.717) is 6.54 Å². The number of hydrogen-bond acceptors (Lipinski definition) is 3. The topological polar surface area (TPSA) is 52.6 Å². The van der Waals surface area contributed by atoms with Gasteiger partial charge in [0.2, 0.25) is 5.91 Å². The van der Waals surface area contributed by atoms with Gasteiger partial charge in [0.25, 0.3) is 0 Å². The Morgan fingerprint density at radius 2 is 2.00 bits per heavy atom. The minimum Gasteiger partial charge on any atom is -0.392 e. The average molecular weight is 242 g/mol. The Morgan fingerprint density at radius 3 is 2.59 bits per heavy atom. The monoisotopic (exact) mass is 242 g/mol. The molecule has 0 aromatic carbocycles. The molecule has 0 spiro atoms. The zero-order chi connectivity index (χ0) is 12.7. The molecule has 0 saturated carbocycles. The standard InChI is InChI=1S/C13H26N2O2/c1-3-7-12(16)10-14-11(2)13(17)15-8-5-4-6-9-15/h11-12,14,16H,3-10H2,1-2H3. The molecule has 1 rings (SSSR count). The first-order valence-corrected chi connectivity index (χ1v) is 6.85. The molecule has 1 aliphatic heterocycles. The molecule has 0 aromatic heterocycles. The Kier molecular flexibility index (Phi) is 6.52. The van der Waals surface area contributed by atoms with Crippen molar-refractivity contribution in [2.24, 2.45) is 0 Å². The van der Waals surface area contributed by atoms with Crippen molar-refractivity contribution >= 4 is 5.91 Å². The van der Waals surface area contributed by atoms with E-state index in [9.17, 15) is 9.90 Å². The van der Waals surface area contributed by atoms with Crippen molar-refractivity contribution < 1.29 is 9.90 Å². The Labute approximate surface area is 104 Å². The summed E-state index contributed by atoms with van der Waals surface area (Å²) >= 11 is 0. The van der Waals surface area contributed by atoms with Gasteiger partial charge in [0, 0.05) is 19.6 Å². The van der Waals surface area contributed by atoms with Gasteiger partial charge in [0.1, 0.15) is 0 Å². The molecule has 1 heterocycles. The molecule has 0 aliphatic carbocycles. The zero-order valence-electron chi connectivity index (χ0n) is 11.1. The lowest BCUT2D eigenvalue weighted by molar-refractivity contribution is -0.134. The second-order valence-electron chi connectivity index (χ2n) is 4.96. The van der Waals surface area contributed by atoms with Crippen molar-refractivity contribution in [1.29, 1.82) is 0 Å². The molecule has 1 saturated heterocycles. The first kappa shape index (κ1) is 14.5. The van der Waals surface area contributed by atoms with Crippen LogP contribution in [0.25, 0.3) is 0 Å². The van der Waals surface area contributed by atoms with E-state index in [1.165, 1.54) is 6.42 Å². The second-order valence-corrected chi connectivity index (χ2v) is 4.96. The summed E-state index contributed by atoms with van der Waals surface area (Å²) in [6, 6.07) is -0.181. The van der Waals surface area contributed by atoms with Gasteiger partial charge in [0.15, 0.2) is 0 Å². The number of hydrogen-bond donors (Lipinski definition) is 2. The van der Waals surface area contributed by atoms with Crippen molar-refractivity contribution in [3.05, 3.63) is 0 Å². The molecule has 2 unspecified atom stereocenters. The highest BCUT2D eigenvalue weighted by atomic mass is 16.3. The maximum atomic E-state index is 12.1. The van der Waals surface area contributed by atoms with Crippen LogP contribution in [-0.4, -0.2) is 47.7 Å². The van der Waals surface area contributed by atoms with Crippen LogP contribution in [0.1, 0.15) is 46.0 Å². The highest BCUT2D eigenvalue weighted by Crippen LogP contribution is 2.10. The number of aliphatic hydroxyl groups is 1. The van der Waals surface area contributed by atoms with Crippen LogP contribution in [0, 0.1) is 0 Å². The van der Waals surface area contributed by atoms with Crippen LogP contribution in [0.2, 0.25) is 0 Å². The molecule has 17 heavy (non-hydrogen) atoms. The Bertz CT molecular complexity index is 227. The highest BCUT2D eigenvalue weighted by Gasteiger charge is 2.21. The van der Waals surface area contributed by atoms with Crippen LogP contribution >= 0.6 is 0 Å². The molecule has 0 radical (unpaired) electrons. The fraction of sp³-hybridized carbons (Fsp3) is 0.923. The Balaban J connectivity index is 2.25. The third-order valence-electron chi connectivity index (χ3n) is 3.32. The summed E-state index contributed by atoms with van der Waals surface area (Å²) in [6.07, 6.45) is 4.90. The molecule has 4 nitrogen and oxygen atoms in total. The van der Waals surface area contributed by atoms with Gasteiger partial charge in [-0.1, -0.05) is 13.3 Å². The maximum absolute atomic E-state index is 12.1. The van der Waals surface area contributed by atoms with Gasteiger partial charge in [-0.05, 0) is 32.6 Å². The average Bonchev–Trinajstić information content (AvgIpc) is 2.36. The smallest absolute Gasteiger partial charge is 0.239 e. The normalized spacial score (nSPS) is 20.1. The zero-order valence-corrected chi connectivity index (χ0v) is 11.1.